The molecule has 2 rings (SSSR count). The maximum absolute atomic E-state index is 5.61. The smallest absolute Gasteiger partial charge is 0.240 e. The lowest BCUT2D eigenvalue weighted by Gasteiger charge is -2.02. The summed E-state index contributed by atoms with van der Waals surface area (Å²) in [6.07, 6.45) is 1.64. The molecule has 5 heteroatoms. The van der Waals surface area contributed by atoms with Crippen molar-refractivity contribution in [2.45, 2.75) is 19.8 Å². The first-order valence-corrected chi connectivity index (χ1v) is 5.82. The Labute approximate surface area is 106 Å². The fourth-order valence-corrected chi connectivity index (χ4v) is 1.73. The summed E-state index contributed by atoms with van der Waals surface area (Å²) in [4.78, 5) is 4.11. The predicted octanol–water partition coefficient (Wildman–Crippen LogP) is 2.74. The van der Waals surface area contributed by atoms with E-state index in [0.29, 0.717) is 23.4 Å². The van der Waals surface area contributed by atoms with E-state index >= 15 is 0 Å². The third kappa shape index (κ3) is 2.61. The summed E-state index contributed by atoms with van der Waals surface area (Å²) in [5, 5.41) is 4.30. The number of pyridine rings is 1. The lowest BCUT2D eigenvalue weighted by atomic mass is 10.1. The summed E-state index contributed by atoms with van der Waals surface area (Å²) in [7, 11) is 3.51. The molecule has 18 heavy (non-hydrogen) atoms. The number of ether oxygens (including phenoxy) is 2. The lowest BCUT2D eigenvalue weighted by molar-refractivity contribution is 0.400. The fourth-order valence-electron chi connectivity index (χ4n) is 1.73. The van der Waals surface area contributed by atoms with E-state index in [9.17, 15) is 0 Å². The first-order chi connectivity index (χ1) is 8.60. The quantitative estimate of drug-likeness (QED) is 0.833. The van der Waals surface area contributed by atoms with E-state index in [1.54, 1.807) is 25.4 Å². The first-order valence-electron chi connectivity index (χ1n) is 5.82. The molecule has 0 atom stereocenters. The minimum absolute atomic E-state index is 0.401. The second kappa shape index (κ2) is 5.08. The lowest BCUT2D eigenvalue weighted by Crippen LogP contribution is -1.99. The summed E-state index contributed by atoms with van der Waals surface area (Å²) < 4.78 is 12.5. The van der Waals surface area contributed by atoms with E-state index in [4.69, 9.17) is 9.47 Å². The molecule has 2 aromatic heterocycles. The first kappa shape index (κ1) is 12.4. The van der Waals surface area contributed by atoms with Gasteiger partial charge < -0.3 is 9.47 Å². The third-order valence-corrected chi connectivity index (χ3v) is 2.64. The fraction of sp³-hybridized carbons (Fsp3) is 0.385. The highest BCUT2D eigenvalue weighted by atomic mass is 16.5. The molecule has 0 saturated heterocycles. The zero-order valence-electron chi connectivity index (χ0n) is 11.0. The van der Waals surface area contributed by atoms with Gasteiger partial charge in [-0.3, -0.25) is 4.68 Å². The molecule has 0 aromatic carbocycles. The Morgan fingerprint density at radius 3 is 2.61 bits per heavy atom. The second-order valence-electron chi connectivity index (χ2n) is 4.32. The number of hydrogen-bond donors (Lipinski definition) is 0. The Kier molecular flexibility index (Phi) is 3.50. The highest BCUT2D eigenvalue weighted by Crippen LogP contribution is 2.24. The molecule has 2 heterocycles. The number of hydrogen-bond acceptors (Lipinski definition) is 4. The molecule has 0 N–H and O–H groups in total. The van der Waals surface area contributed by atoms with Crippen LogP contribution in [-0.4, -0.2) is 21.9 Å². The van der Waals surface area contributed by atoms with Gasteiger partial charge in [0.2, 0.25) is 11.8 Å². The van der Waals surface area contributed by atoms with Gasteiger partial charge in [0.1, 0.15) is 5.75 Å². The molecule has 0 unspecified atom stereocenters. The van der Waals surface area contributed by atoms with Crippen LogP contribution < -0.4 is 9.47 Å². The molecule has 0 bridgehead atoms. The number of methoxy groups -OCH3 is 1. The molecule has 2 aromatic rings. The van der Waals surface area contributed by atoms with Crippen LogP contribution in [0.4, 0.5) is 0 Å². The Morgan fingerprint density at radius 2 is 2.00 bits per heavy atom. The third-order valence-electron chi connectivity index (χ3n) is 2.64. The average Bonchev–Trinajstić information content (AvgIpc) is 2.70. The van der Waals surface area contributed by atoms with Gasteiger partial charge in [0.05, 0.1) is 7.11 Å². The van der Waals surface area contributed by atoms with Gasteiger partial charge in [-0.05, 0) is 12.0 Å². The van der Waals surface area contributed by atoms with Crippen molar-refractivity contribution in [3.05, 3.63) is 30.1 Å². The van der Waals surface area contributed by atoms with Crippen LogP contribution in [0, 0.1) is 0 Å². The molecule has 0 aliphatic heterocycles. The van der Waals surface area contributed by atoms with Gasteiger partial charge in [0, 0.05) is 31.1 Å². The number of nitrogens with zero attached hydrogens (tertiary/aromatic N) is 3. The normalized spacial score (nSPS) is 10.7. The number of rotatable bonds is 4. The van der Waals surface area contributed by atoms with Crippen molar-refractivity contribution in [1.29, 1.82) is 0 Å². The maximum atomic E-state index is 5.61. The van der Waals surface area contributed by atoms with E-state index < -0.39 is 0 Å². The number of aryl methyl sites for hydroxylation is 1. The highest BCUT2D eigenvalue weighted by Gasteiger charge is 2.10. The van der Waals surface area contributed by atoms with E-state index in [1.807, 2.05) is 17.8 Å². The van der Waals surface area contributed by atoms with E-state index in [-0.39, 0.29) is 0 Å². The van der Waals surface area contributed by atoms with E-state index in [0.717, 1.165) is 5.69 Å². The molecule has 0 spiro atoms. The van der Waals surface area contributed by atoms with Crippen LogP contribution in [0.1, 0.15) is 25.5 Å². The SMILES string of the molecule is COc1ccnc(Oc2cc(C(C)C)n(C)n2)c1. The predicted molar refractivity (Wildman–Crippen MR) is 68.2 cm³/mol. The minimum Gasteiger partial charge on any atom is -0.497 e. The van der Waals surface area contributed by atoms with Crippen molar-refractivity contribution < 1.29 is 9.47 Å². The van der Waals surface area contributed by atoms with Crippen molar-refractivity contribution in [2.24, 2.45) is 7.05 Å². The van der Waals surface area contributed by atoms with Crippen molar-refractivity contribution in [1.82, 2.24) is 14.8 Å². The van der Waals surface area contributed by atoms with Crippen molar-refractivity contribution in [3.63, 3.8) is 0 Å². The van der Waals surface area contributed by atoms with Crippen LogP contribution in [0.25, 0.3) is 0 Å². The molecule has 5 nitrogen and oxygen atoms in total. The minimum atomic E-state index is 0.401. The maximum Gasteiger partial charge on any atom is 0.240 e. The van der Waals surface area contributed by atoms with Gasteiger partial charge in [-0.25, -0.2) is 4.98 Å². The van der Waals surface area contributed by atoms with Crippen LogP contribution in [0.2, 0.25) is 0 Å². The summed E-state index contributed by atoms with van der Waals surface area (Å²) in [6, 6.07) is 5.42. The Morgan fingerprint density at radius 1 is 1.22 bits per heavy atom. The van der Waals surface area contributed by atoms with Crippen LogP contribution in [-0.2, 0) is 7.05 Å². The van der Waals surface area contributed by atoms with Gasteiger partial charge >= 0.3 is 0 Å². The van der Waals surface area contributed by atoms with Crippen LogP contribution in [0.5, 0.6) is 17.5 Å². The number of aromatic nitrogens is 3. The van der Waals surface area contributed by atoms with Gasteiger partial charge in [0.15, 0.2) is 0 Å². The van der Waals surface area contributed by atoms with Gasteiger partial charge in [-0.15, -0.1) is 5.10 Å². The average molecular weight is 247 g/mol. The van der Waals surface area contributed by atoms with Gasteiger partial charge in [-0.2, -0.15) is 0 Å². The topological polar surface area (TPSA) is 49.2 Å². The van der Waals surface area contributed by atoms with Crippen molar-refractivity contribution >= 4 is 0 Å². The molecule has 0 aliphatic rings. The standard InChI is InChI=1S/C13H17N3O2/c1-9(2)11-8-13(15-16(11)3)18-12-7-10(17-4)5-6-14-12/h5-9H,1-4H3. The molecular weight excluding hydrogens is 230 g/mol. The van der Waals surface area contributed by atoms with Gasteiger partial charge in [0.25, 0.3) is 0 Å². The van der Waals surface area contributed by atoms with Crippen LogP contribution in [0.15, 0.2) is 24.4 Å². The highest BCUT2D eigenvalue weighted by molar-refractivity contribution is 5.29. The molecule has 0 amide bonds. The molecule has 0 radical (unpaired) electrons. The molecular formula is C13H17N3O2. The summed E-state index contributed by atoms with van der Waals surface area (Å²) >= 11 is 0. The van der Waals surface area contributed by atoms with Crippen molar-refractivity contribution in [2.75, 3.05) is 7.11 Å². The van der Waals surface area contributed by atoms with E-state index in [1.165, 1.54) is 0 Å². The zero-order valence-corrected chi connectivity index (χ0v) is 11.0. The largest absolute Gasteiger partial charge is 0.497 e. The van der Waals surface area contributed by atoms with Crippen molar-refractivity contribution in [3.8, 4) is 17.5 Å². The Bertz CT molecular complexity index is 535. The monoisotopic (exact) mass is 247 g/mol. The van der Waals surface area contributed by atoms with Gasteiger partial charge in [-0.1, -0.05) is 13.8 Å². The zero-order chi connectivity index (χ0) is 13.1. The molecule has 96 valence electrons. The second-order valence-corrected chi connectivity index (χ2v) is 4.32. The Balaban J connectivity index is 2.20. The van der Waals surface area contributed by atoms with Crippen LogP contribution in [0.3, 0.4) is 0 Å². The summed E-state index contributed by atoms with van der Waals surface area (Å²) in [5.74, 6) is 2.13. The molecule has 0 aliphatic carbocycles. The van der Waals surface area contributed by atoms with E-state index in [2.05, 4.69) is 23.9 Å². The molecule has 0 fully saturated rings. The summed E-state index contributed by atoms with van der Waals surface area (Å²) in [5.41, 5.74) is 1.12. The molecule has 0 saturated carbocycles. The van der Waals surface area contributed by atoms with Crippen LogP contribution >= 0.6 is 0 Å². The summed E-state index contributed by atoms with van der Waals surface area (Å²) in [6.45, 7) is 4.23. The Hall–Kier alpha value is -2.04.